The molecule has 1 atom stereocenters. The minimum absolute atomic E-state index is 0.284. The van der Waals surface area contributed by atoms with Crippen molar-refractivity contribution in [1.29, 1.82) is 0 Å². The summed E-state index contributed by atoms with van der Waals surface area (Å²) >= 11 is 6.36. The molecule has 0 radical (unpaired) electrons. The number of halogens is 2. The van der Waals surface area contributed by atoms with Gasteiger partial charge in [0.1, 0.15) is 11.9 Å². The Balaban J connectivity index is 1.77. The Labute approximate surface area is 173 Å². The van der Waals surface area contributed by atoms with E-state index in [1.54, 1.807) is 6.07 Å². The maximum absolute atomic E-state index is 13.6. The van der Waals surface area contributed by atoms with Crippen LogP contribution in [0.4, 0.5) is 10.1 Å². The molecule has 4 nitrogen and oxygen atoms in total. The first-order valence-corrected chi connectivity index (χ1v) is 9.56. The molecular formula is C23H19ClFN3O. The second-order valence-corrected chi connectivity index (χ2v) is 7.34. The molecule has 0 bridgehead atoms. The monoisotopic (exact) mass is 407 g/mol. The Hall–Kier alpha value is -3.18. The molecule has 146 valence electrons. The number of anilines is 1. The van der Waals surface area contributed by atoms with Gasteiger partial charge in [0.2, 0.25) is 11.8 Å². The topological polar surface area (TPSA) is 51.0 Å². The van der Waals surface area contributed by atoms with Gasteiger partial charge in [-0.2, -0.15) is 0 Å². The van der Waals surface area contributed by atoms with Crippen molar-refractivity contribution >= 4 is 17.3 Å². The highest BCUT2D eigenvalue weighted by Crippen LogP contribution is 2.33. The molecular weight excluding hydrogens is 389 g/mol. The van der Waals surface area contributed by atoms with Crippen LogP contribution in [0.3, 0.4) is 0 Å². The number of benzene rings is 3. The Morgan fingerprint density at radius 3 is 2.34 bits per heavy atom. The molecule has 0 spiro atoms. The maximum Gasteiger partial charge on any atom is 0.247 e. The predicted octanol–water partition coefficient (Wildman–Crippen LogP) is 6.35. The van der Waals surface area contributed by atoms with Crippen LogP contribution in [0.25, 0.3) is 11.5 Å². The van der Waals surface area contributed by atoms with Crippen LogP contribution in [0.5, 0.6) is 0 Å². The number of hydrogen-bond donors (Lipinski definition) is 1. The average molecular weight is 408 g/mol. The van der Waals surface area contributed by atoms with E-state index in [-0.39, 0.29) is 5.02 Å². The second kappa shape index (κ2) is 8.05. The van der Waals surface area contributed by atoms with Crippen molar-refractivity contribution in [3.63, 3.8) is 0 Å². The summed E-state index contributed by atoms with van der Waals surface area (Å²) in [6, 6.07) is 19.4. The molecule has 0 aliphatic heterocycles. The summed E-state index contributed by atoms with van der Waals surface area (Å²) in [4.78, 5) is 0. The molecule has 4 aromatic rings. The molecule has 0 saturated heterocycles. The van der Waals surface area contributed by atoms with Gasteiger partial charge in [-0.1, -0.05) is 41.9 Å². The van der Waals surface area contributed by atoms with Crippen LogP contribution < -0.4 is 5.32 Å². The minimum atomic E-state index is -0.533. The molecule has 29 heavy (non-hydrogen) atoms. The standard InChI is InChI=1S/C23H19ClFN3O/c1-14-10-15(2)12-18(11-14)26-21(19-9-8-17(25)13-20(19)24)23-28-27-22(29-23)16-6-4-3-5-7-16/h3-13,21,26H,1-2H3/t21-/m1/s1. The zero-order valence-corrected chi connectivity index (χ0v) is 16.7. The molecule has 1 aromatic heterocycles. The number of aromatic nitrogens is 2. The minimum Gasteiger partial charge on any atom is -0.418 e. The van der Waals surface area contributed by atoms with Gasteiger partial charge in [-0.25, -0.2) is 4.39 Å². The van der Waals surface area contributed by atoms with E-state index in [4.69, 9.17) is 16.0 Å². The molecule has 0 aliphatic carbocycles. The van der Waals surface area contributed by atoms with Gasteiger partial charge >= 0.3 is 0 Å². The van der Waals surface area contributed by atoms with E-state index in [1.807, 2.05) is 56.3 Å². The zero-order valence-electron chi connectivity index (χ0n) is 16.0. The number of aryl methyl sites for hydroxylation is 2. The van der Waals surface area contributed by atoms with E-state index >= 15 is 0 Å². The fraction of sp³-hybridized carbons (Fsp3) is 0.130. The number of nitrogens with zero attached hydrogens (tertiary/aromatic N) is 2. The van der Waals surface area contributed by atoms with Gasteiger partial charge in [-0.3, -0.25) is 0 Å². The fourth-order valence-corrected chi connectivity index (χ4v) is 3.56. The highest BCUT2D eigenvalue weighted by molar-refractivity contribution is 6.31. The lowest BCUT2D eigenvalue weighted by Gasteiger charge is -2.19. The summed E-state index contributed by atoms with van der Waals surface area (Å²) in [5.74, 6) is 0.349. The quantitative estimate of drug-likeness (QED) is 0.419. The molecule has 0 unspecified atom stereocenters. The molecule has 1 N–H and O–H groups in total. The van der Waals surface area contributed by atoms with E-state index in [0.717, 1.165) is 22.4 Å². The third-order valence-electron chi connectivity index (χ3n) is 4.51. The lowest BCUT2D eigenvalue weighted by atomic mass is 10.0. The first kappa shape index (κ1) is 19.2. The summed E-state index contributed by atoms with van der Waals surface area (Å²) in [6.45, 7) is 4.05. The third-order valence-corrected chi connectivity index (χ3v) is 4.84. The van der Waals surface area contributed by atoms with Crippen LogP contribution in [0.1, 0.15) is 28.6 Å². The first-order chi connectivity index (χ1) is 14.0. The van der Waals surface area contributed by atoms with Crippen LogP contribution in [0, 0.1) is 19.7 Å². The van der Waals surface area contributed by atoms with E-state index in [1.165, 1.54) is 12.1 Å². The van der Waals surface area contributed by atoms with Gasteiger partial charge in [0.15, 0.2) is 0 Å². The number of hydrogen-bond acceptors (Lipinski definition) is 4. The average Bonchev–Trinajstić information content (AvgIpc) is 3.16. The summed E-state index contributed by atoms with van der Waals surface area (Å²) in [6.07, 6.45) is 0. The van der Waals surface area contributed by atoms with Crippen molar-refractivity contribution in [3.05, 3.63) is 100 Å². The number of nitrogens with one attached hydrogen (secondary N) is 1. The van der Waals surface area contributed by atoms with Crippen LogP contribution in [0.15, 0.2) is 71.1 Å². The summed E-state index contributed by atoms with van der Waals surface area (Å²) in [7, 11) is 0. The Bertz CT molecular complexity index is 1120. The van der Waals surface area contributed by atoms with E-state index in [0.29, 0.717) is 17.3 Å². The van der Waals surface area contributed by atoms with Crippen LogP contribution in [0.2, 0.25) is 5.02 Å². The van der Waals surface area contributed by atoms with Crippen molar-refractivity contribution < 1.29 is 8.81 Å². The van der Waals surface area contributed by atoms with Gasteiger partial charge in [-0.15, -0.1) is 10.2 Å². The van der Waals surface area contributed by atoms with Crippen molar-refractivity contribution in [3.8, 4) is 11.5 Å². The van der Waals surface area contributed by atoms with Crippen molar-refractivity contribution in [2.24, 2.45) is 0 Å². The molecule has 3 aromatic carbocycles. The van der Waals surface area contributed by atoms with Crippen LogP contribution >= 0.6 is 11.6 Å². The molecule has 1 heterocycles. The fourth-order valence-electron chi connectivity index (χ4n) is 3.28. The van der Waals surface area contributed by atoms with Crippen molar-refractivity contribution in [2.45, 2.75) is 19.9 Å². The summed E-state index contributed by atoms with van der Waals surface area (Å²) < 4.78 is 19.6. The normalized spacial score (nSPS) is 12.0. The van der Waals surface area contributed by atoms with E-state index < -0.39 is 11.9 Å². The Morgan fingerprint density at radius 1 is 0.931 bits per heavy atom. The summed E-state index contributed by atoms with van der Waals surface area (Å²) in [5.41, 5.74) is 4.59. The largest absolute Gasteiger partial charge is 0.418 e. The molecule has 4 rings (SSSR count). The van der Waals surface area contributed by atoms with Gasteiger partial charge in [0.25, 0.3) is 0 Å². The molecule has 0 saturated carbocycles. The van der Waals surface area contributed by atoms with E-state index in [2.05, 4.69) is 21.6 Å². The van der Waals surface area contributed by atoms with Gasteiger partial charge in [0, 0.05) is 21.8 Å². The van der Waals surface area contributed by atoms with Crippen molar-refractivity contribution in [1.82, 2.24) is 10.2 Å². The van der Waals surface area contributed by atoms with Crippen LogP contribution in [-0.2, 0) is 0 Å². The number of rotatable bonds is 5. The van der Waals surface area contributed by atoms with Gasteiger partial charge < -0.3 is 9.73 Å². The second-order valence-electron chi connectivity index (χ2n) is 6.93. The zero-order chi connectivity index (χ0) is 20.4. The lowest BCUT2D eigenvalue weighted by molar-refractivity contribution is 0.494. The third kappa shape index (κ3) is 4.30. The summed E-state index contributed by atoms with van der Waals surface area (Å²) in [5, 5.41) is 12.1. The molecule has 0 fully saturated rings. The molecule has 0 amide bonds. The van der Waals surface area contributed by atoms with Gasteiger partial charge in [-0.05, 0) is 61.4 Å². The SMILES string of the molecule is Cc1cc(C)cc(N[C@@H](c2nnc(-c3ccccc3)o2)c2ccc(F)cc2Cl)c1. The smallest absolute Gasteiger partial charge is 0.247 e. The first-order valence-electron chi connectivity index (χ1n) is 9.18. The molecule has 0 aliphatic rings. The highest BCUT2D eigenvalue weighted by Gasteiger charge is 2.24. The maximum atomic E-state index is 13.6. The lowest BCUT2D eigenvalue weighted by Crippen LogP contribution is -2.14. The predicted molar refractivity (Wildman–Crippen MR) is 113 cm³/mol. The van der Waals surface area contributed by atoms with Crippen LogP contribution in [-0.4, -0.2) is 10.2 Å². The molecule has 6 heteroatoms. The van der Waals surface area contributed by atoms with E-state index in [9.17, 15) is 4.39 Å². The Kier molecular flexibility index (Phi) is 5.32. The van der Waals surface area contributed by atoms with Gasteiger partial charge in [0.05, 0.1) is 0 Å². The highest BCUT2D eigenvalue weighted by atomic mass is 35.5. The Morgan fingerprint density at radius 2 is 1.66 bits per heavy atom. The van der Waals surface area contributed by atoms with Crippen molar-refractivity contribution in [2.75, 3.05) is 5.32 Å².